The summed E-state index contributed by atoms with van der Waals surface area (Å²) < 4.78 is 27.1. The van der Waals surface area contributed by atoms with Crippen molar-refractivity contribution >= 4 is 44.6 Å². The molecule has 0 amide bonds. The van der Waals surface area contributed by atoms with Crippen LogP contribution in [-0.4, -0.2) is 15.0 Å². The van der Waals surface area contributed by atoms with Crippen LogP contribution in [0.3, 0.4) is 0 Å². The maximum absolute atomic E-state index is 12.3. The molecule has 2 rings (SSSR count). The smallest absolute Gasteiger partial charge is 0.242 e. The molecule has 0 aliphatic heterocycles. The van der Waals surface area contributed by atoms with E-state index in [0.717, 1.165) is 5.56 Å². The van der Waals surface area contributed by atoms with Crippen LogP contribution in [0, 0.1) is 0 Å². The largest absolute Gasteiger partial charge is 0.326 e. The van der Waals surface area contributed by atoms with Gasteiger partial charge in [-0.1, -0.05) is 23.2 Å². The molecule has 0 saturated carbocycles. The molecule has 0 atom stereocenters. The third-order valence-corrected chi connectivity index (χ3v) is 5.87. The van der Waals surface area contributed by atoms with Gasteiger partial charge in [0.25, 0.3) is 0 Å². The van der Waals surface area contributed by atoms with Gasteiger partial charge in [-0.25, -0.2) is 13.1 Å². The Kier molecular flexibility index (Phi) is 5.65. The standard InChI is InChI=1S/C13H14Cl2N2O2S2/c14-11-5-10(7-16)13(15)12(6-11)21(18,19)17-3-1-9-2-4-20-8-9/h2,4-6,8,17H,1,3,7,16H2. The van der Waals surface area contributed by atoms with E-state index in [1.807, 2.05) is 16.8 Å². The van der Waals surface area contributed by atoms with Crippen molar-refractivity contribution in [2.24, 2.45) is 5.73 Å². The molecule has 0 fully saturated rings. The van der Waals surface area contributed by atoms with Gasteiger partial charge < -0.3 is 5.73 Å². The first kappa shape index (κ1) is 16.7. The van der Waals surface area contributed by atoms with Gasteiger partial charge in [-0.05, 0) is 46.5 Å². The summed E-state index contributed by atoms with van der Waals surface area (Å²) in [6.07, 6.45) is 0.616. The van der Waals surface area contributed by atoms with Crippen molar-refractivity contribution in [1.29, 1.82) is 0 Å². The number of hydrogen-bond acceptors (Lipinski definition) is 4. The molecule has 8 heteroatoms. The van der Waals surface area contributed by atoms with Crippen LogP contribution < -0.4 is 10.5 Å². The second-order valence-corrected chi connectivity index (χ2v) is 7.69. The van der Waals surface area contributed by atoms with Gasteiger partial charge in [0.15, 0.2) is 0 Å². The summed E-state index contributed by atoms with van der Waals surface area (Å²) in [5.41, 5.74) is 7.13. The van der Waals surface area contributed by atoms with Crippen LogP contribution in [0.4, 0.5) is 0 Å². The molecule has 0 spiro atoms. The van der Waals surface area contributed by atoms with Gasteiger partial charge in [0, 0.05) is 18.1 Å². The maximum atomic E-state index is 12.3. The Hall–Kier alpha value is -0.630. The summed E-state index contributed by atoms with van der Waals surface area (Å²) in [4.78, 5) is -0.0394. The van der Waals surface area contributed by atoms with Crippen LogP contribution in [0.5, 0.6) is 0 Å². The van der Waals surface area contributed by atoms with E-state index in [1.165, 1.54) is 6.07 Å². The number of halogens is 2. The molecule has 1 heterocycles. The summed E-state index contributed by atoms with van der Waals surface area (Å²) in [5.74, 6) is 0. The zero-order chi connectivity index (χ0) is 15.5. The van der Waals surface area contributed by atoms with Crippen molar-refractivity contribution in [1.82, 2.24) is 4.72 Å². The van der Waals surface area contributed by atoms with E-state index in [9.17, 15) is 8.42 Å². The molecule has 114 valence electrons. The minimum absolute atomic E-state index is 0.0394. The third kappa shape index (κ3) is 4.18. The predicted octanol–water partition coefficient (Wildman–Crippen LogP) is 3.03. The Morgan fingerprint density at radius 1 is 1.29 bits per heavy atom. The molecule has 4 nitrogen and oxygen atoms in total. The number of nitrogens with one attached hydrogen (secondary N) is 1. The topological polar surface area (TPSA) is 72.2 Å². The summed E-state index contributed by atoms with van der Waals surface area (Å²) in [7, 11) is -3.72. The molecule has 2 aromatic rings. The van der Waals surface area contributed by atoms with E-state index in [2.05, 4.69) is 4.72 Å². The highest BCUT2D eigenvalue weighted by Gasteiger charge is 2.20. The van der Waals surface area contributed by atoms with E-state index >= 15 is 0 Å². The molecular weight excluding hydrogens is 351 g/mol. The Labute approximate surface area is 137 Å². The van der Waals surface area contributed by atoms with E-state index in [1.54, 1.807) is 17.4 Å². The minimum Gasteiger partial charge on any atom is -0.326 e. The lowest BCUT2D eigenvalue weighted by Crippen LogP contribution is -2.26. The Morgan fingerprint density at radius 2 is 2.05 bits per heavy atom. The van der Waals surface area contributed by atoms with Gasteiger partial charge >= 0.3 is 0 Å². The first-order valence-electron chi connectivity index (χ1n) is 6.13. The van der Waals surface area contributed by atoms with Gasteiger partial charge in [-0.2, -0.15) is 11.3 Å². The van der Waals surface area contributed by atoms with Crippen molar-refractivity contribution < 1.29 is 8.42 Å². The van der Waals surface area contributed by atoms with Crippen molar-refractivity contribution in [3.8, 4) is 0 Å². The lowest BCUT2D eigenvalue weighted by molar-refractivity contribution is 0.581. The Balaban J connectivity index is 2.17. The lowest BCUT2D eigenvalue weighted by atomic mass is 10.2. The molecule has 0 aliphatic rings. The summed E-state index contributed by atoms with van der Waals surface area (Å²) in [6.45, 7) is 0.413. The molecule has 0 saturated heterocycles. The van der Waals surface area contributed by atoms with Crippen molar-refractivity contribution in [3.63, 3.8) is 0 Å². The van der Waals surface area contributed by atoms with Gasteiger partial charge in [-0.15, -0.1) is 0 Å². The molecule has 0 bridgehead atoms. The predicted molar refractivity (Wildman–Crippen MR) is 87.6 cm³/mol. The van der Waals surface area contributed by atoms with Gasteiger partial charge in [0.1, 0.15) is 4.90 Å². The number of thiophene rings is 1. The summed E-state index contributed by atoms with van der Waals surface area (Å²) >= 11 is 13.6. The van der Waals surface area contributed by atoms with Crippen molar-refractivity contribution in [3.05, 3.63) is 50.1 Å². The number of rotatable bonds is 6. The molecule has 3 N–H and O–H groups in total. The van der Waals surface area contributed by atoms with E-state index in [4.69, 9.17) is 28.9 Å². The first-order valence-corrected chi connectivity index (χ1v) is 9.31. The highest BCUT2D eigenvalue weighted by Crippen LogP contribution is 2.29. The minimum atomic E-state index is -3.72. The zero-order valence-electron chi connectivity index (χ0n) is 11.0. The Morgan fingerprint density at radius 3 is 2.67 bits per heavy atom. The number of sulfonamides is 1. The third-order valence-electron chi connectivity index (χ3n) is 2.87. The normalized spacial score (nSPS) is 11.8. The molecular formula is C13H14Cl2N2O2S2. The zero-order valence-corrected chi connectivity index (χ0v) is 14.1. The van der Waals surface area contributed by atoms with Gasteiger partial charge in [0.2, 0.25) is 10.0 Å². The van der Waals surface area contributed by atoms with Crippen LogP contribution in [0.1, 0.15) is 11.1 Å². The van der Waals surface area contributed by atoms with Crippen LogP contribution in [0.15, 0.2) is 33.9 Å². The summed E-state index contributed by atoms with van der Waals surface area (Å²) in [5, 5.41) is 4.33. The molecule has 0 unspecified atom stereocenters. The van der Waals surface area contributed by atoms with Crippen LogP contribution >= 0.6 is 34.5 Å². The van der Waals surface area contributed by atoms with E-state index in [0.29, 0.717) is 18.5 Å². The number of nitrogens with two attached hydrogens (primary N) is 1. The Bertz CT molecular complexity index is 716. The lowest BCUT2D eigenvalue weighted by Gasteiger charge is -2.11. The fourth-order valence-electron chi connectivity index (χ4n) is 1.80. The average molecular weight is 365 g/mol. The van der Waals surface area contributed by atoms with Crippen LogP contribution in [0.2, 0.25) is 10.0 Å². The number of hydrogen-bond donors (Lipinski definition) is 2. The summed E-state index contributed by atoms with van der Waals surface area (Å²) in [6, 6.07) is 4.85. The van der Waals surface area contributed by atoms with Crippen molar-refractivity contribution in [2.75, 3.05) is 6.54 Å². The van der Waals surface area contributed by atoms with Gasteiger partial charge in [0.05, 0.1) is 5.02 Å². The molecule has 0 radical (unpaired) electrons. The average Bonchev–Trinajstić information content (AvgIpc) is 2.93. The highest BCUT2D eigenvalue weighted by atomic mass is 35.5. The highest BCUT2D eigenvalue weighted by molar-refractivity contribution is 7.89. The van der Waals surface area contributed by atoms with Crippen LogP contribution in [0.25, 0.3) is 0 Å². The van der Waals surface area contributed by atoms with Crippen LogP contribution in [-0.2, 0) is 23.0 Å². The van der Waals surface area contributed by atoms with E-state index < -0.39 is 10.0 Å². The second kappa shape index (κ2) is 7.09. The molecule has 21 heavy (non-hydrogen) atoms. The van der Waals surface area contributed by atoms with Gasteiger partial charge in [-0.3, -0.25) is 0 Å². The molecule has 1 aromatic carbocycles. The number of benzene rings is 1. The monoisotopic (exact) mass is 364 g/mol. The fourth-order valence-corrected chi connectivity index (χ4v) is 4.48. The quantitative estimate of drug-likeness (QED) is 0.827. The molecule has 0 aliphatic carbocycles. The second-order valence-electron chi connectivity index (χ2n) is 4.36. The first-order chi connectivity index (χ1) is 9.94. The fraction of sp³-hybridized carbons (Fsp3) is 0.231. The van der Waals surface area contributed by atoms with Crippen molar-refractivity contribution in [2.45, 2.75) is 17.9 Å². The SMILES string of the molecule is NCc1cc(Cl)cc(S(=O)(=O)NCCc2ccsc2)c1Cl. The maximum Gasteiger partial charge on any atom is 0.242 e. The molecule has 1 aromatic heterocycles. The van der Waals surface area contributed by atoms with E-state index in [-0.39, 0.29) is 21.5 Å².